The number of hydrogen-bond donors (Lipinski definition) is 2. The first-order valence-corrected chi connectivity index (χ1v) is 47.8. The van der Waals surface area contributed by atoms with Crippen LogP contribution in [0.4, 0.5) is 37.7 Å². The summed E-state index contributed by atoms with van der Waals surface area (Å²) < 4.78 is 237. The zero-order valence-electron chi connectivity index (χ0n) is 70.4. The van der Waals surface area contributed by atoms with Crippen LogP contribution in [0.15, 0.2) is 290 Å². The minimum atomic E-state index is -5.34. The highest BCUT2D eigenvalue weighted by molar-refractivity contribution is 7.91. The van der Waals surface area contributed by atoms with Gasteiger partial charge in [-0.2, -0.15) is 21.6 Å². The van der Waals surface area contributed by atoms with Gasteiger partial charge in [-0.05, 0) is 220 Å². The lowest BCUT2D eigenvalue weighted by molar-refractivity contribution is -0.0526. The SMILES string of the molecule is COS(=O)(=O)C(F)(F)F.Cc1onc(-c2ccc(F)cc2)c1-c1ccc(S(C)(=O)=O)cc1.Cc1onc(-c2ccc(F)cc2)c1-c1ccc(S(N)(=O)=O)cc1.Cc1onc(-c2ccc(N(C)C)cc2)c1-c1ccc(S(C)(=O)=O)cc1.Cc1onc(-c2ccc(N(C)C)cc2)c1-c1ccc(S(C)(=O)=O)cc1.Cc1onc(-c2ccc([18F])cc2)c1-c1ccc(S(N)(=O)=O)cc1. The van der Waals surface area contributed by atoms with E-state index < -0.39 is 65.2 Å². The zero-order chi connectivity index (χ0) is 93.9. The van der Waals surface area contributed by atoms with Crippen LogP contribution in [0.25, 0.3) is 112 Å². The second kappa shape index (κ2) is 39.9. The number of alkyl halides is 3. The maximum absolute atomic E-state index is 13.1. The van der Waals surface area contributed by atoms with Crippen molar-refractivity contribution in [3.8, 4) is 112 Å². The predicted octanol–water partition coefficient (Wildman–Crippen LogP) is 18.1. The molecule has 670 valence electrons. The fourth-order valence-electron chi connectivity index (χ4n) is 12.5. The minimum absolute atomic E-state index is 0.0266. The molecule has 0 spiro atoms. The first-order valence-electron chi connectivity index (χ1n) is 37.6. The van der Waals surface area contributed by atoms with E-state index in [0.717, 1.165) is 101 Å². The van der Waals surface area contributed by atoms with Gasteiger partial charge in [0, 0.05) is 86.2 Å². The van der Waals surface area contributed by atoms with Gasteiger partial charge in [-0.3, -0.25) is 4.18 Å². The van der Waals surface area contributed by atoms with Crippen molar-refractivity contribution in [1.82, 2.24) is 25.8 Å². The molecule has 0 radical (unpaired) electrons. The van der Waals surface area contributed by atoms with Crippen LogP contribution in [0.5, 0.6) is 0 Å². The summed E-state index contributed by atoms with van der Waals surface area (Å²) in [5.74, 6) is 2.14. The molecule has 0 saturated heterocycles. The number of sulfone groups is 3. The number of nitrogens with zero attached hydrogens (tertiary/aromatic N) is 7. The monoisotopic (exact) mass is 1870 g/mol. The number of anilines is 2. The molecule has 10 aromatic carbocycles. The fraction of sp³-hybridized carbons (Fsp3) is 0.157. The first-order chi connectivity index (χ1) is 59.9. The largest absolute Gasteiger partial charge is 0.523 e. The van der Waals surface area contributed by atoms with Crippen molar-refractivity contribution in [1.29, 1.82) is 0 Å². The van der Waals surface area contributed by atoms with Crippen LogP contribution in [-0.2, 0) is 63.9 Å². The number of aromatic nitrogens is 5. The molecule has 15 aromatic rings. The summed E-state index contributed by atoms with van der Waals surface area (Å²) in [5, 5.41) is 30.7. The quantitative estimate of drug-likeness (QED) is 0.0457. The average Bonchev–Trinajstić information content (AvgIpc) is 1.67. The van der Waals surface area contributed by atoms with Gasteiger partial charge in [-0.1, -0.05) is 111 Å². The Kier molecular flexibility index (Phi) is 30.3. The third-order valence-electron chi connectivity index (χ3n) is 19.1. The molecule has 0 aliphatic heterocycles. The Balaban J connectivity index is 0.000000163. The molecule has 5 heterocycles. The number of benzene rings is 10. The number of hydrogen-bond acceptors (Lipinski definition) is 25. The highest BCUT2D eigenvalue weighted by Gasteiger charge is 2.46. The summed E-state index contributed by atoms with van der Waals surface area (Å²) >= 11 is 0. The van der Waals surface area contributed by atoms with E-state index in [1.807, 2.05) is 100 Å². The third-order valence-corrected chi connectivity index (χ3v) is 25.4. The number of rotatable bonds is 18. The van der Waals surface area contributed by atoms with Gasteiger partial charge in [0.15, 0.2) is 29.5 Å². The van der Waals surface area contributed by atoms with Crippen LogP contribution in [0.1, 0.15) is 28.8 Å². The summed E-state index contributed by atoms with van der Waals surface area (Å²) in [6.45, 7) is 8.99. The lowest BCUT2D eigenvalue weighted by Gasteiger charge is -2.12. The normalized spacial score (nSPS) is 11.7. The van der Waals surface area contributed by atoms with Crippen LogP contribution < -0.4 is 20.1 Å². The molecule has 0 fully saturated rings. The summed E-state index contributed by atoms with van der Waals surface area (Å²) in [4.78, 5) is 4.95. The van der Waals surface area contributed by atoms with Crippen LogP contribution in [0, 0.1) is 52.1 Å². The molecular weight excluding hydrogens is 1790 g/mol. The molecule has 0 atom stereocenters. The number of sulfonamides is 2. The molecule has 0 amide bonds. The summed E-state index contributed by atoms with van der Waals surface area (Å²) in [7, 11) is -14.1. The van der Waals surface area contributed by atoms with Crippen LogP contribution in [0.2, 0.25) is 0 Å². The molecule has 0 unspecified atom stereocenters. The molecule has 15 rings (SSSR count). The maximum Gasteiger partial charge on any atom is 0.523 e. The van der Waals surface area contributed by atoms with E-state index >= 15 is 0 Å². The molecule has 5 aromatic heterocycles. The van der Waals surface area contributed by atoms with Crippen molar-refractivity contribution < 1.29 is 104 Å². The van der Waals surface area contributed by atoms with Crippen molar-refractivity contribution in [2.75, 3.05) is 63.9 Å². The first kappa shape index (κ1) is 97.2. The van der Waals surface area contributed by atoms with E-state index in [4.69, 9.17) is 32.9 Å². The van der Waals surface area contributed by atoms with Gasteiger partial charge >= 0.3 is 15.6 Å². The summed E-state index contributed by atoms with van der Waals surface area (Å²) in [5.41, 5.74) is 12.1. The van der Waals surface area contributed by atoms with Crippen molar-refractivity contribution in [2.24, 2.45) is 10.3 Å². The van der Waals surface area contributed by atoms with Gasteiger partial charge in [-0.25, -0.2) is 65.5 Å². The van der Waals surface area contributed by atoms with Crippen LogP contribution in [0.3, 0.4) is 0 Å². The minimum Gasteiger partial charge on any atom is -0.378 e. The lowest BCUT2D eigenvalue weighted by atomic mass is 9.99. The summed E-state index contributed by atoms with van der Waals surface area (Å²) in [6, 6.07) is 66.2. The predicted molar refractivity (Wildman–Crippen MR) is 473 cm³/mol. The third kappa shape index (κ3) is 24.2. The highest BCUT2D eigenvalue weighted by Crippen LogP contribution is 2.41. The van der Waals surface area contributed by atoms with E-state index in [9.17, 15) is 76.8 Å². The Labute approximate surface area is 735 Å². The Bertz CT molecular complexity index is 6600. The zero-order valence-corrected chi connectivity index (χ0v) is 75.3. The molecular formula is C89H83F6N9O18S6. The van der Waals surface area contributed by atoms with Gasteiger partial charge in [0.05, 0.1) is 59.4 Å². The lowest BCUT2D eigenvalue weighted by Crippen LogP contribution is -2.23. The van der Waals surface area contributed by atoms with Gasteiger partial charge in [-0.15, -0.1) is 0 Å². The number of nitrogens with two attached hydrogens (primary N) is 2. The maximum atomic E-state index is 13.1. The van der Waals surface area contributed by atoms with E-state index in [-0.39, 0.29) is 32.1 Å². The summed E-state index contributed by atoms with van der Waals surface area (Å²) in [6.07, 6.45) is 3.56. The molecule has 0 aliphatic rings. The standard InChI is InChI=1S/2C19H20N2O3S.C17H14FNO3S.2C16H13FN2O3S.C2H3F3O3S/c2*1-13-18(14-7-11-17(12-8-14)25(4,22)23)19(20-24-13)15-5-9-16(10-6-15)21(2)3;1-11-16(12-5-9-15(10-6-12)23(2,20)21)17(19-22-11)13-3-7-14(18)8-4-13;2*1-10-15(11-4-8-14(9-5-11)23(18,20)21)16(19-22-10)12-2-6-13(17)7-3-12;1-8-9(6,7)2(3,4)5/h2*5-12H,1-4H3;3-10H,1-2H3;2*2-9H,1H3,(H2,18,20,21);1H3/i;;;17-1;;. The molecule has 27 nitrogen and oxygen atoms in total. The second-order valence-electron chi connectivity index (χ2n) is 28.8. The number of primary sulfonamides is 2. The Hall–Kier alpha value is -13.0. The molecule has 0 bridgehead atoms. The fourth-order valence-corrected chi connectivity index (χ4v) is 15.6. The van der Waals surface area contributed by atoms with Gasteiger partial charge in [0.2, 0.25) is 20.0 Å². The van der Waals surface area contributed by atoms with E-state index in [2.05, 4.69) is 30.0 Å². The molecule has 0 aliphatic carbocycles. The topological polar surface area (TPSA) is 403 Å². The Morgan fingerprint density at radius 2 is 0.445 bits per heavy atom. The molecule has 0 saturated carbocycles. The molecule has 128 heavy (non-hydrogen) atoms. The highest BCUT2D eigenvalue weighted by atomic mass is 32.2. The van der Waals surface area contributed by atoms with E-state index in [0.29, 0.717) is 73.9 Å². The van der Waals surface area contributed by atoms with E-state index in [1.165, 1.54) is 73.2 Å². The van der Waals surface area contributed by atoms with Crippen LogP contribution in [-0.4, -0.2) is 136 Å². The average molecular weight is 1870 g/mol. The number of halogens is 6. The number of aryl methyl sites for hydroxylation is 5. The Morgan fingerprint density at radius 3 is 0.586 bits per heavy atom. The van der Waals surface area contributed by atoms with Crippen molar-refractivity contribution in [2.45, 2.75) is 64.6 Å². The van der Waals surface area contributed by atoms with Gasteiger partial charge < -0.3 is 32.4 Å². The molecule has 4 N–H and O–H groups in total. The smallest absolute Gasteiger partial charge is 0.378 e. The van der Waals surface area contributed by atoms with Crippen molar-refractivity contribution >= 4 is 71.1 Å². The molecule has 39 heteroatoms. The van der Waals surface area contributed by atoms with Crippen molar-refractivity contribution in [3.05, 3.63) is 289 Å². The second-order valence-corrected chi connectivity index (χ2v) is 39.7. The van der Waals surface area contributed by atoms with Crippen molar-refractivity contribution in [3.63, 3.8) is 0 Å². The Morgan fingerprint density at radius 1 is 0.281 bits per heavy atom. The van der Waals surface area contributed by atoms with E-state index in [1.54, 1.807) is 154 Å². The van der Waals surface area contributed by atoms with Gasteiger partial charge in [0.25, 0.3) is 0 Å². The van der Waals surface area contributed by atoms with Crippen LogP contribution >= 0.6 is 0 Å². The van der Waals surface area contributed by atoms with Gasteiger partial charge in [0.1, 0.15) is 74.7 Å².